The molecule has 0 aliphatic carbocycles. The minimum atomic E-state index is -4.40. The highest BCUT2D eigenvalue weighted by atomic mass is 19.4. The van der Waals surface area contributed by atoms with Crippen molar-refractivity contribution in [2.24, 2.45) is 0 Å². The third-order valence-electron chi connectivity index (χ3n) is 4.89. The van der Waals surface area contributed by atoms with Gasteiger partial charge in [0.2, 0.25) is 0 Å². The van der Waals surface area contributed by atoms with Crippen molar-refractivity contribution in [2.45, 2.75) is 31.2 Å². The Morgan fingerprint density at radius 2 is 1.32 bits per heavy atom. The zero-order valence-electron chi connectivity index (χ0n) is 24.6. The summed E-state index contributed by atoms with van der Waals surface area (Å²) in [6.45, 7) is -3.94. The van der Waals surface area contributed by atoms with Gasteiger partial charge in [-0.25, -0.2) is 0 Å². The van der Waals surface area contributed by atoms with Crippen molar-refractivity contribution in [1.29, 1.82) is 0 Å². The van der Waals surface area contributed by atoms with Crippen LogP contribution in [0, 0.1) is 0 Å². The molecule has 0 fully saturated rings. The van der Waals surface area contributed by atoms with Crippen molar-refractivity contribution in [3.8, 4) is 5.75 Å². The molecule has 0 saturated heterocycles. The monoisotopic (exact) mass is 480 g/mol. The molecule has 7 heteroatoms. The van der Waals surface area contributed by atoms with Crippen LogP contribution in [0.4, 0.5) is 13.2 Å². The second kappa shape index (κ2) is 14.4. The fraction of sp³-hybridized carbons (Fsp3) is 0.333. The molecule has 0 aromatic heterocycles. The molecule has 3 aromatic rings. The number of alkyl halides is 3. The molecule has 0 aliphatic rings. The van der Waals surface area contributed by atoms with E-state index < -0.39 is 37.9 Å². The molecule has 0 heterocycles. The van der Waals surface area contributed by atoms with Gasteiger partial charge in [0.05, 0.1) is 11.7 Å². The van der Waals surface area contributed by atoms with E-state index in [9.17, 15) is 18.3 Å². The maximum atomic E-state index is 12.6. The molecular formula is C27H33F3N2O2. The van der Waals surface area contributed by atoms with Crippen LogP contribution in [-0.4, -0.2) is 32.1 Å². The van der Waals surface area contributed by atoms with Crippen LogP contribution < -0.4 is 15.4 Å². The largest absolute Gasteiger partial charge is 0.486 e. The summed E-state index contributed by atoms with van der Waals surface area (Å²) in [4.78, 5) is 0. The minimum absolute atomic E-state index is 0.177. The van der Waals surface area contributed by atoms with Gasteiger partial charge in [0.25, 0.3) is 0 Å². The Morgan fingerprint density at radius 1 is 0.794 bits per heavy atom. The first-order valence-electron chi connectivity index (χ1n) is 13.8. The Kier molecular flexibility index (Phi) is 8.23. The van der Waals surface area contributed by atoms with Gasteiger partial charge in [-0.1, -0.05) is 60.7 Å². The van der Waals surface area contributed by atoms with E-state index in [2.05, 4.69) is 10.6 Å². The number of benzene rings is 3. The highest BCUT2D eigenvalue weighted by molar-refractivity contribution is 5.30. The maximum absolute atomic E-state index is 12.6. The fourth-order valence-corrected chi connectivity index (χ4v) is 3.10. The van der Waals surface area contributed by atoms with Gasteiger partial charge in [0.15, 0.2) is 0 Å². The SMILES string of the molecule is [2H]C([2H])([2H])NCCC(O)c1ccccc1.[2H]C([2H])([2H])NCCC(Oc1ccc(C(F)(F)F)cc1)c1ccccc1. The smallest absolute Gasteiger partial charge is 0.416 e. The van der Waals surface area contributed by atoms with Gasteiger partial charge in [-0.2, -0.15) is 13.2 Å². The molecule has 2 atom stereocenters. The van der Waals surface area contributed by atoms with Crippen molar-refractivity contribution in [3.05, 3.63) is 102 Å². The predicted molar refractivity (Wildman–Crippen MR) is 130 cm³/mol. The van der Waals surface area contributed by atoms with Crippen LogP contribution in [0.15, 0.2) is 84.9 Å². The first-order valence-corrected chi connectivity index (χ1v) is 10.8. The molecular weight excluding hydrogens is 441 g/mol. The van der Waals surface area contributed by atoms with Gasteiger partial charge >= 0.3 is 6.18 Å². The molecule has 0 saturated carbocycles. The normalized spacial score (nSPS) is 16.2. The van der Waals surface area contributed by atoms with Crippen LogP contribution in [0.1, 0.15) is 50.0 Å². The average Bonchev–Trinajstić information content (AvgIpc) is 2.88. The third-order valence-corrected chi connectivity index (χ3v) is 4.89. The molecule has 3 aromatic carbocycles. The molecule has 184 valence electrons. The van der Waals surface area contributed by atoms with E-state index in [1.165, 1.54) is 12.1 Å². The standard InChI is InChI=1S/C17H18F3NO.C10H15NO/c1-21-12-11-16(13-5-3-2-4-6-13)22-15-9-7-14(8-10-15)17(18,19)20;1-11-8-7-10(12)9-5-3-2-4-6-9/h2-10,16,21H,11-12H2,1H3;2-6,10-12H,7-8H2,1H3/i2*1D3. The minimum Gasteiger partial charge on any atom is -0.486 e. The van der Waals surface area contributed by atoms with E-state index in [1.54, 1.807) is 0 Å². The third kappa shape index (κ3) is 9.55. The fourth-order valence-electron chi connectivity index (χ4n) is 3.10. The lowest BCUT2D eigenvalue weighted by Crippen LogP contribution is -2.16. The number of rotatable bonds is 10. The predicted octanol–water partition coefficient (Wildman–Crippen LogP) is 5.76. The van der Waals surface area contributed by atoms with Crippen LogP contribution in [-0.2, 0) is 6.18 Å². The van der Waals surface area contributed by atoms with Crippen LogP contribution in [0.25, 0.3) is 0 Å². The summed E-state index contributed by atoms with van der Waals surface area (Å²) < 4.78 is 85.9. The van der Waals surface area contributed by atoms with Crippen molar-refractivity contribution in [2.75, 3.05) is 27.0 Å². The average molecular weight is 481 g/mol. The van der Waals surface area contributed by atoms with E-state index in [0.717, 1.165) is 23.3 Å². The second-order valence-corrected chi connectivity index (χ2v) is 7.40. The maximum Gasteiger partial charge on any atom is 0.416 e. The molecule has 3 N–H and O–H groups in total. The summed E-state index contributed by atoms with van der Waals surface area (Å²) in [7, 11) is 0. The molecule has 0 aliphatic heterocycles. The van der Waals surface area contributed by atoms with Gasteiger partial charge in [-0.15, -0.1) is 0 Å². The second-order valence-electron chi connectivity index (χ2n) is 7.40. The number of ether oxygens (including phenoxy) is 1. The van der Waals surface area contributed by atoms with Gasteiger partial charge in [0, 0.05) is 14.6 Å². The number of aliphatic hydroxyl groups is 1. The lowest BCUT2D eigenvalue weighted by Gasteiger charge is -2.20. The van der Waals surface area contributed by atoms with Crippen molar-refractivity contribution in [1.82, 2.24) is 10.6 Å². The number of halogens is 3. The molecule has 3 rings (SSSR count). The Labute approximate surface area is 208 Å². The Balaban J connectivity index is 0.000000319. The lowest BCUT2D eigenvalue weighted by atomic mass is 10.1. The molecule has 0 bridgehead atoms. The molecule has 2 unspecified atom stereocenters. The summed E-state index contributed by atoms with van der Waals surface area (Å²) in [5.74, 6) is 0.288. The summed E-state index contributed by atoms with van der Waals surface area (Å²) >= 11 is 0. The van der Waals surface area contributed by atoms with E-state index in [4.69, 9.17) is 13.0 Å². The molecule has 4 nitrogen and oxygen atoms in total. The van der Waals surface area contributed by atoms with Gasteiger partial charge in [0.1, 0.15) is 11.9 Å². The first-order chi connectivity index (χ1) is 18.6. The van der Waals surface area contributed by atoms with Crippen molar-refractivity contribution in [3.63, 3.8) is 0 Å². The topological polar surface area (TPSA) is 53.5 Å². The molecule has 34 heavy (non-hydrogen) atoms. The highest BCUT2D eigenvalue weighted by Gasteiger charge is 2.30. The summed E-state index contributed by atoms with van der Waals surface area (Å²) in [5, 5.41) is 14.5. The Bertz CT molecular complexity index is 1110. The number of hydrogen-bond acceptors (Lipinski definition) is 4. The van der Waals surface area contributed by atoms with Crippen LogP contribution in [0.5, 0.6) is 5.75 Å². The highest BCUT2D eigenvalue weighted by Crippen LogP contribution is 2.31. The zero-order chi connectivity index (χ0) is 29.8. The zero-order valence-corrected chi connectivity index (χ0v) is 18.6. The van der Waals surface area contributed by atoms with E-state index in [-0.39, 0.29) is 18.8 Å². The number of hydrogen-bond donors (Lipinski definition) is 3. The van der Waals surface area contributed by atoms with Crippen molar-refractivity contribution >= 4 is 0 Å². The molecule has 0 amide bonds. The van der Waals surface area contributed by atoms with Crippen LogP contribution in [0.2, 0.25) is 0 Å². The van der Waals surface area contributed by atoms with Gasteiger partial charge in [-0.3, -0.25) is 0 Å². The lowest BCUT2D eigenvalue weighted by molar-refractivity contribution is -0.137. The summed E-state index contributed by atoms with van der Waals surface area (Å²) in [5.41, 5.74) is 0.875. The molecule has 0 radical (unpaired) electrons. The summed E-state index contributed by atoms with van der Waals surface area (Å²) in [6, 6.07) is 22.7. The quantitative estimate of drug-likeness (QED) is 0.345. The van der Waals surface area contributed by atoms with Crippen LogP contribution in [0.3, 0.4) is 0 Å². The Hall–Kier alpha value is -2.87. The van der Waals surface area contributed by atoms with Gasteiger partial charge in [-0.05, 0) is 68.9 Å². The Morgan fingerprint density at radius 3 is 1.85 bits per heavy atom. The summed E-state index contributed by atoms with van der Waals surface area (Å²) in [6.07, 6.45) is -4.75. The van der Waals surface area contributed by atoms with E-state index in [1.807, 2.05) is 60.7 Å². The molecule has 0 spiro atoms. The van der Waals surface area contributed by atoms with Crippen LogP contribution >= 0.6 is 0 Å². The van der Waals surface area contributed by atoms with Gasteiger partial charge < -0.3 is 20.5 Å². The van der Waals surface area contributed by atoms with E-state index >= 15 is 0 Å². The van der Waals surface area contributed by atoms with E-state index in [0.29, 0.717) is 12.8 Å². The van der Waals surface area contributed by atoms with Crippen molar-refractivity contribution < 1.29 is 31.2 Å². The number of aliphatic hydroxyl groups excluding tert-OH is 1. The number of nitrogens with one attached hydrogen (secondary N) is 2. The first kappa shape index (κ1) is 19.4.